The molecule has 2 aromatic carbocycles. The van der Waals surface area contributed by atoms with Gasteiger partial charge in [-0.2, -0.15) is 0 Å². The molecule has 0 atom stereocenters. The minimum absolute atomic E-state index is 0. The van der Waals surface area contributed by atoms with E-state index in [0.717, 1.165) is 0 Å². The smallest absolute Gasteiger partial charge is 0.869 e. The average Bonchev–Trinajstić information content (AvgIpc) is 2.61. The molecular formula is C17H17LiO7. The molecule has 0 aliphatic rings. The molecule has 0 aromatic heterocycles. The summed E-state index contributed by atoms with van der Waals surface area (Å²) in [6, 6.07) is 5.52. The summed E-state index contributed by atoms with van der Waals surface area (Å²) in [5, 5.41) is 22.0. The van der Waals surface area contributed by atoms with Gasteiger partial charge >= 0.3 is 18.9 Å². The van der Waals surface area contributed by atoms with Gasteiger partial charge in [0, 0.05) is 11.1 Å². The predicted molar refractivity (Wildman–Crippen MR) is 83.6 cm³/mol. The van der Waals surface area contributed by atoms with Crippen LogP contribution in [0.15, 0.2) is 24.3 Å². The monoisotopic (exact) mass is 340 g/mol. The number of carbonyl (C=O) groups excluding carboxylic acids is 1. The Balaban J connectivity index is 0.00000312. The summed E-state index contributed by atoms with van der Waals surface area (Å²) in [6.07, 6.45) is 0. The molecule has 0 amide bonds. The molecule has 0 fully saturated rings. The maximum absolute atomic E-state index is 12.7. The number of hydrogen-bond acceptors (Lipinski definition) is 7. The van der Waals surface area contributed by atoms with E-state index >= 15 is 0 Å². The van der Waals surface area contributed by atoms with Crippen molar-refractivity contribution in [1.82, 2.24) is 0 Å². The van der Waals surface area contributed by atoms with Crippen LogP contribution in [0.3, 0.4) is 0 Å². The fraction of sp³-hybridized carbons (Fsp3) is 0.235. The predicted octanol–water partition coefficient (Wildman–Crippen LogP) is -1.26. The van der Waals surface area contributed by atoms with Gasteiger partial charge in [-0.05, 0) is 24.3 Å². The number of aromatic hydroxyl groups is 1. The number of methoxy groups -OCH3 is 4. The van der Waals surface area contributed by atoms with Gasteiger partial charge in [0.05, 0.1) is 28.4 Å². The van der Waals surface area contributed by atoms with E-state index in [2.05, 4.69) is 0 Å². The Labute approximate surface area is 157 Å². The van der Waals surface area contributed by atoms with Gasteiger partial charge in [-0.3, -0.25) is 4.79 Å². The molecule has 128 valence electrons. The standard InChI is InChI=1S/C17H18O7.Li/c1-21-11-6-5-10(15(19)16(11)20)14(18)9-7-12(22-2)17(24-4)13(8-9)23-3;/h5-8,19-20H,1-4H3;/q;+1/p-1. The van der Waals surface area contributed by atoms with Gasteiger partial charge in [0.15, 0.2) is 23.0 Å². The number of benzene rings is 2. The molecular weight excluding hydrogens is 323 g/mol. The molecule has 2 rings (SSSR count). The number of carbonyl (C=O) groups is 1. The maximum Gasteiger partial charge on any atom is 1.00 e. The fourth-order valence-corrected chi connectivity index (χ4v) is 2.26. The summed E-state index contributed by atoms with van der Waals surface area (Å²) in [4.78, 5) is 12.7. The second-order valence-corrected chi connectivity index (χ2v) is 4.74. The van der Waals surface area contributed by atoms with Crippen LogP contribution in [0, 0.1) is 0 Å². The largest absolute Gasteiger partial charge is 1.00 e. The van der Waals surface area contributed by atoms with Crippen LogP contribution < -0.4 is 42.9 Å². The van der Waals surface area contributed by atoms with E-state index < -0.39 is 17.3 Å². The van der Waals surface area contributed by atoms with Gasteiger partial charge in [0.25, 0.3) is 0 Å². The molecule has 0 radical (unpaired) electrons. The molecule has 0 unspecified atom stereocenters. The van der Waals surface area contributed by atoms with E-state index in [4.69, 9.17) is 18.9 Å². The molecule has 8 heteroatoms. The van der Waals surface area contributed by atoms with Crippen molar-refractivity contribution in [3.63, 3.8) is 0 Å². The third-order valence-corrected chi connectivity index (χ3v) is 3.49. The summed E-state index contributed by atoms with van der Waals surface area (Å²) >= 11 is 0. The van der Waals surface area contributed by atoms with Gasteiger partial charge < -0.3 is 29.2 Å². The third-order valence-electron chi connectivity index (χ3n) is 3.49. The number of ether oxygens (including phenoxy) is 4. The van der Waals surface area contributed by atoms with Gasteiger partial charge in [0.1, 0.15) is 5.75 Å². The van der Waals surface area contributed by atoms with E-state index in [1.807, 2.05) is 0 Å². The van der Waals surface area contributed by atoms with Crippen molar-refractivity contribution in [2.75, 3.05) is 28.4 Å². The van der Waals surface area contributed by atoms with Gasteiger partial charge in [-0.1, -0.05) is 5.75 Å². The summed E-state index contributed by atoms with van der Waals surface area (Å²) < 4.78 is 20.4. The SMILES string of the molecule is COc1ccc(C(=O)c2cc(OC)c(OC)c(OC)c2)c([O-])c1O.[Li+]. The molecule has 1 N–H and O–H groups in total. The second kappa shape index (κ2) is 8.56. The molecule has 0 aliphatic carbocycles. The first-order valence-corrected chi connectivity index (χ1v) is 6.90. The Morgan fingerprint density at radius 2 is 1.44 bits per heavy atom. The van der Waals surface area contributed by atoms with Crippen LogP contribution in [-0.2, 0) is 0 Å². The van der Waals surface area contributed by atoms with Crippen molar-refractivity contribution in [2.24, 2.45) is 0 Å². The topological polar surface area (TPSA) is 97.3 Å². The maximum atomic E-state index is 12.7. The van der Waals surface area contributed by atoms with Crippen molar-refractivity contribution in [3.8, 4) is 34.5 Å². The molecule has 0 saturated carbocycles. The molecule has 0 spiro atoms. The summed E-state index contributed by atoms with van der Waals surface area (Å²) in [5.41, 5.74) is -0.0336. The van der Waals surface area contributed by atoms with E-state index in [0.29, 0.717) is 5.75 Å². The van der Waals surface area contributed by atoms with E-state index in [-0.39, 0.29) is 47.2 Å². The molecule has 7 nitrogen and oxygen atoms in total. The van der Waals surface area contributed by atoms with Gasteiger partial charge in [-0.25, -0.2) is 0 Å². The van der Waals surface area contributed by atoms with Crippen molar-refractivity contribution < 1.29 is 52.8 Å². The molecule has 25 heavy (non-hydrogen) atoms. The Hall–Kier alpha value is -2.49. The van der Waals surface area contributed by atoms with E-state index in [9.17, 15) is 15.0 Å². The quantitative estimate of drug-likeness (QED) is 0.517. The number of ketones is 1. The average molecular weight is 340 g/mol. The summed E-state index contributed by atoms with van der Waals surface area (Å²) in [5.74, 6) is -1.12. The van der Waals surface area contributed by atoms with Crippen molar-refractivity contribution >= 4 is 5.78 Å². The Morgan fingerprint density at radius 1 is 0.920 bits per heavy atom. The first kappa shape index (κ1) is 20.6. The molecule has 0 bridgehead atoms. The van der Waals surface area contributed by atoms with Gasteiger partial charge in [-0.15, -0.1) is 0 Å². The van der Waals surface area contributed by atoms with E-state index in [1.165, 1.54) is 52.7 Å². The minimum Gasteiger partial charge on any atom is -0.869 e. The van der Waals surface area contributed by atoms with Crippen LogP contribution in [0.1, 0.15) is 15.9 Å². The van der Waals surface area contributed by atoms with Crippen molar-refractivity contribution in [3.05, 3.63) is 35.4 Å². The van der Waals surface area contributed by atoms with Crippen LogP contribution in [0.4, 0.5) is 0 Å². The minimum atomic E-state index is -0.812. The van der Waals surface area contributed by atoms with Crippen molar-refractivity contribution in [1.29, 1.82) is 0 Å². The van der Waals surface area contributed by atoms with Crippen LogP contribution >= 0.6 is 0 Å². The van der Waals surface area contributed by atoms with Crippen LogP contribution in [-0.4, -0.2) is 39.3 Å². The normalized spacial score (nSPS) is 9.76. The molecule has 0 heterocycles. The summed E-state index contributed by atoms with van der Waals surface area (Å²) in [7, 11) is 5.60. The van der Waals surface area contributed by atoms with Crippen molar-refractivity contribution in [2.45, 2.75) is 0 Å². The van der Waals surface area contributed by atoms with Crippen LogP contribution in [0.5, 0.6) is 34.5 Å². The third kappa shape index (κ3) is 3.78. The van der Waals surface area contributed by atoms with Crippen LogP contribution in [0.25, 0.3) is 0 Å². The second-order valence-electron chi connectivity index (χ2n) is 4.74. The van der Waals surface area contributed by atoms with E-state index in [1.54, 1.807) is 0 Å². The molecule has 0 aliphatic heterocycles. The Kier molecular flexibility index (Phi) is 7.04. The molecule has 2 aromatic rings. The summed E-state index contributed by atoms with van der Waals surface area (Å²) in [6.45, 7) is 0. The zero-order chi connectivity index (χ0) is 17.9. The first-order chi connectivity index (χ1) is 11.5. The number of phenolic OH excluding ortho intramolecular Hbond substituents is 1. The van der Waals surface area contributed by atoms with Crippen LogP contribution in [0.2, 0.25) is 0 Å². The zero-order valence-corrected chi connectivity index (χ0v) is 14.7. The fourth-order valence-electron chi connectivity index (χ4n) is 2.26. The Morgan fingerprint density at radius 3 is 1.88 bits per heavy atom. The number of hydrogen-bond donors (Lipinski definition) is 1. The Bertz CT molecular complexity index is 749. The molecule has 0 saturated heterocycles. The number of phenols is 1. The van der Waals surface area contributed by atoms with Gasteiger partial charge in [0.2, 0.25) is 5.75 Å². The number of rotatable bonds is 6. The zero-order valence-electron chi connectivity index (χ0n) is 14.7. The first-order valence-electron chi connectivity index (χ1n) is 6.90.